The zero-order valence-electron chi connectivity index (χ0n) is 24.6. The smallest absolute Gasteiger partial charge is 0.306 e. The number of aliphatic hydroxyl groups excluding tert-OH is 1. The fourth-order valence-electron chi connectivity index (χ4n) is 4.52. The van der Waals surface area contributed by atoms with Crippen molar-refractivity contribution in [1.29, 1.82) is 0 Å². The van der Waals surface area contributed by atoms with E-state index in [-0.39, 0.29) is 61.7 Å². The van der Waals surface area contributed by atoms with Gasteiger partial charge < -0.3 is 40.8 Å². The van der Waals surface area contributed by atoms with Crippen LogP contribution in [-0.4, -0.2) is 104 Å². The summed E-state index contributed by atoms with van der Waals surface area (Å²) in [4.78, 5) is 32.9. The number of aromatic nitrogens is 2. The summed E-state index contributed by atoms with van der Waals surface area (Å²) in [5.74, 6) is -1.55. The number of anilines is 2. The highest BCUT2D eigenvalue weighted by atomic mass is 32.2. The number of para-hydroxylation sites is 1. The van der Waals surface area contributed by atoms with Crippen LogP contribution in [0.2, 0.25) is 0 Å². The van der Waals surface area contributed by atoms with Gasteiger partial charge in [-0.15, -0.1) is 0 Å². The van der Waals surface area contributed by atoms with Gasteiger partial charge in [-0.1, -0.05) is 24.3 Å². The molecule has 15 nitrogen and oxygen atoms in total. The molecular formula is C29H36N6O9S. The van der Waals surface area contributed by atoms with Crippen LogP contribution in [0.5, 0.6) is 5.75 Å². The standard InChI is InChI=1S/C29H36N6O9S/c1-31-16-20-3-2-4-23-27(20)44-14-13-43-12-11-42-10-9-35(18-21(36)15-25(37)38)45(40,41)22-7-5-19(6-8-22)24-17-32-28(30)26(33-24)29(39)34-23/h2-8,17,21,31,36H,9-16,18H2,1H3,(H2,30,32)(H,34,39)(H,37,38). The number of nitrogens with one attached hydrogen (secondary N) is 2. The minimum Gasteiger partial charge on any atom is -0.489 e. The molecule has 242 valence electrons. The molecular weight excluding hydrogens is 608 g/mol. The molecule has 3 aromatic rings. The number of sulfonamides is 1. The number of amides is 1. The van der Waals surface area contributed by atoms with Crippen LogP contribution in [-0.2, 0) is 30.8 Å². The number of carbonyl (C=O) groups excluding carboxylic acids is 1. The Morgan fingerprint density at radius 3 is 2.53 bits per heavy atom. The summed E-state index contributed by atoms with van der Waals surface area (Å²) in [6.45, 7) is 0.547. The molecule has 1 aromatic heterocycles. The van der Waals surface area contributed by atoms with Gasteiger partial charge in [0.05, 0.1) is 61.4 Å². The van der Waals surface area contributed by atoms with Crippen LogP contribution < -0.4 is 21.1 Å². The van der Waals surface area contributed by atoms with Crippen molar-refractivity contribution in [1.82, 2.24) is 19.6 Å². The van der Waals surface area contributed by atoms with Gasteiger partial charge in [0, 0.05) is 30.8 Å². The Hall–Kier alpha value is -4.19. The third-order valence-corrected chi connectivity index (χ3v) is 8.55. The van der Waals surface area contributed by atoms with Crippen LogP contribution in [0.15, 0.2) is 53.6 Å². The fourth-order valence-corrected chi connectivity index (χ4v) is 5.98. The number of carboxylic acids is 1. The van der Waals surface area contributed by atoms with Crippen LogP contribution in [0.3, 0.4) is 0 Å². The number of hydrogen-bond donors (Lipinski definition) is 5. The largest absolute Gasteiger partial charge is 0.489 e. The molecule has 0 radical (unpaired) electrons. The van der Waals surface area contributed by atoms with Crippen molar-refractivity contribution in [2.45, 2.75) is 24.0 Å². The van der Waals surface area contributed by atoms with Gasteiger partial charge in [-0.3, -0.25) is 9.59 Å². The molecule has 1 unspecified atom stereocenters. The van der Waals surface area contributed by atoms with Crippen molar-refractivity contribution in [3.05, 3.63) is 59.9 Å². The molecule has 6 N–H and O–H groups in total. The highest BCUT2D eigenvalue weighted by Gasteiger charge is 2.28. The zero-order chi connectivity index (χ0) is 32.4. The summed E-state index contributed by atoms with van der Waals surface area (Å²) >= 11 is 0. The van der Waals surface area contributed by atoms with Gasteiger partial charge >= 0.3 is 5.97 Å². The van der Waals surface area contributed by atoms with E-state index in [1.165, 1.54) is 30.5 Å². The minimum absolute atomic E-state index is 0.0266. The normalized spacial score (nSPS) is 17.2. The molecule has 0 aliphatic carbocycles. The lowest BCUT2D eigenvalue weighted by molar-refractivity contribution is -0.139. The second kappa shape index (κ2) is 15.7. The average molecular weight is 645 g/mol. The van der Waals surface area contributed by atoms with Gasteiger partial charge in [0.15, 0.2) is 11.5 Å². The molecule has 0 saturated heterocycles. The Balaban J connectivity index is 1.68. The topological polar surface area (TPSA) is 216 Å². The highest BCUT2D eigenvalue weighted by Crippen LogP contribution is 2.30. The number of fused-ring (bicyclic) bond motifs is 13. The van der Waals surface area contributed by atoms with Crippen LogP contribution >= 0.6 is 0 Å². The predicted molar refractivity (Wildman–Crippen MR) is 163 cm³/mol. The number of nitrogen functional groups attached to an aromatic ring is 1. The van der Waals surface area contributed by atoms with Crippen molar-refractivity contribution in [2.24, 2.45) is 0 Å². The number of aliphatic carboxylic acids is 1. The van der Waals surface area contributed by atoms with Crippen molar-refractivity contribution >= 4 is 33.4 Å². The van der Waals surface area contributed by atoms with Crippen LogP contribution in [0.1, 0.15) is 22.5 Å². The number of hydrogen-bond acceptors (Lipinski definition) is 12. The van der Waals surface area contributed by atoms with E-state index in [0.717, 1.165) is 9.87 Å². The molecule has 0 saturated carbocycles. The molecule has 16 heteroatoms. The number of nitrogens with zero attached hydrogens (tertiary/aromatic N) is 3. The first kappa shape index (κ1) is 33.7. The third-order valence-electron chi connectivity index (χ3n) is 6.67. The quantitative estimate of drug-likeness (QED) is 0.237. The monoisotopic (exact) mass is 644 g/mol. The van der Waals surface area contributed by atoms with Crippen LogP contribution in [0, 0.1) is 0 Å². The molecule has 1 amide bonds. The van der Waals surface area contributed by atoms with Gasteiger partial charge in [0.1, 0.15) is 12.4 Å². The molecule has 2 aliphatic heterocycles. The van der Waals surface area contributed by atoms with E-state index >= 15 is 0 Å². The molecule has 0 spiro atoms. The average Bonchev–Trinajstić information content (AvgIpc) is 3.00. The van der Waals surface area contributed by atoms with E-state index in [1.807, 2.05) is 6.07 Å². The van der Waals surface area contributed by atoms with E-state index in [4.69, 9.17) is 25.1 Å². The fraction of sp³-hybridized carbons (Fsp3) is 0.379. The summed E-state index contributed by atoms with van der Waals surface area (Å²) in [5.41, 5.74) is 7.81. The Kier molecular flexibility index (Phi) is 11.8. The number of benzene rings is 2. The molecule has 4 bridgehead atoms. The maximum Gasteiger partial charge on any atom is 0.306 e. The van der Waals surface area contributed by atoms with Crippen molar-refractivity contribution in [2.75, 3.05) is 64.2 Å². The van der Waals surface area contributed by atoms with E-state index < -0.39 is 41.0 Å². The van der Waals surface area contributed by atoms with Crippen molar-refractivity contribution < 1.29 is 42.4 Å². The minimum atomic E-state index is -4.17. The third kappa shape index (κ3) is 8.93. The number of rotatable bonds is 6. The predicted octanol–water partition coefficient (Wildman–Crippen LogP) is 0.949. The number of aliphatic hydroxyl groups is 1. The van der Waals surface area contributed by atoms with Crippen molar-refractivity contribution in [3.63, 3.8) is 0 Å². The maximum absolute atomic E-state index is 13.5. The van der Waals surface area contributed by atoms with Crippen LogP contribution in [0.4, 0.5) is 11.5 Å². The van der Waals surface area contributed by atoms with Gasteiger partial charge in [-0.25, -0.2) is 18.4 Å². The number of carboxylic acid groups (broad SMARTS) is 1. The summed E-state index contributed by atoms with van der Waals surface area (Å²) in [7, 11) is -2.38. The Morgan fingerprint density at radius 1 is 1.11 bits per heavy atom. The van der Waals surface area contributed by atoms with Gasteiger partial charge in [-0.2, -0.15) is 4.31 Å². The Morgan fingerprint density at radius 2 is 1.82 bits per heavy atom. The van der Waals surface area contributed by atoms with Gasteiger partial charge in [-0.05, 0) is 25.2 Å². The lowest BCUT2D eigenvalue weighted by atomic mass is 10.1. The number of carbonyl (C=O) groups is 2. The maximum atomic E-state index is 13.5. The number of nitrogens with two attached hydrogens (primary N) is 1. The molecule has 2 aliphatic rings. The SMILES string of the molecule is CNCc1cccc2c1OCCOCCOCCN(CC(O)CC(=O)O)S(=O)(=O)c1ccc(cc1)-c1cnc(N)c(n1)C(=O)N2. The first-order valence-corrected chi connectivity index (χ1v) is 15.5. The second-order valence-electron chi connectivity index (χ2n) is 9.98. The second-order valence-corrected chi connectivity index (χ2v) is 11.9. The summed E-state index contributed by atoms with van der Waals surface area (Å²) in [5, 5.41) is 25.1. The molecule has 1 atom stereocenters. The summed E-state index contributed by atoms with van der Waals surface area (Å²) < 4.78 is 45.2. The van der Waals surface area contributed by atoms with E-state index in [9.17, 15) is 23.1 Å². The highest BCUT2D eigenvalue weighted by molar-refractivity contribution is 7.89. The first-order valence-electron chi connectivity index (χ1n) is 14.1. The Labute approximate surface area is 260 Å². The van der Waals surface area contributed by atoms with Crippen LogP contribution in [0.25, 0.3) is 11.3 Å². The zero-order valence-corrected chi connectivity index (χ0v) is 25.5. The first-order chi connectivity index (χ1) is 21.6. The molecule has 0 fully saturated rings. The molecule has 2 aromatic carbocycles. The van der Waals surface area contributed by atoms with Gasteiger partial charge in [0.25, 0.3) is 5.91 Å². The summed E-state index contributed by atoms with van der Waals surface area (Å²) in [6, 6.07) is 11.0. The summed E-state index contributed by atoms with van der Waals surface area (Å²) in [6.07, 6.45) is -0.706. The Bertz CT molecular complexity index is 1590. The molecule has 45 heavy (non-hydrogen) atoms. The van der Waals surface area contributed by atoms with Crippen molar-refractivity contribution in [3.8, 4) is 17.0 Å². The van der Waals surface area contributed by atoms with E-state index in [2.05, 4.69) is 20.6 Å². The number of ether oxygens (including phenoxy) is 3. The van der Waals surface area contributed by atoms with E-state index in [0.29, 0.717) is 23.5 Å². The molecule has 3 heterocycles. The lowest BCUT2D eigenvalue weighted by Crippen LogP contribution is -2.40. The molecule has 5 rings (SSSR count). The lowest BCUT2D eigenvalue weighted by Gasteiger charge is -2.24. The van der Waals surface area contributed by atoms with Gasteiger partial charge in [0.2, 0.25) is 10.0 Å². The van der Waals surface area contributed by atoms with E-state index in [1.54, 1.807) is 19.2 Å².